The average molecular weight is 496 g/mol. The lowest BCUT2D eigenvalue weighted by Crippen LogP contribution is -2.38. The molecule has 1 aromatic heterocycles. The maximum Gasteiger partial charge on any atom is 0.252 e. The lowest BCUT2D eigenvalue weighted by Gasteiger charge is -2.31. The fraction of sp³-hybridized carbons (Fsp3) is 0.318. The van der Waals surface area contributed by atoms with Crippen LogP contribution in [0.4, 0.5) is 5.13 Å². The molecule has 31 heavy (non-hydrogen) atoms. The van der Waals surface area contributed by atoms with Gasteiger partial charge in [0, 0.05) is 47.6 Å². The van der Waals surface area contributed by atoms with Gasteiger partial charge in [-0.15, -0.1) is 0 Å². The van der Waals surface area contributed by atoms with Crippen molar-refractivity contribution >= 4 is 57.4 Å². The van der Waals surface area contributed by atoms with E-state index in [9.17, 15) is 4.79 Å². The summed E-state index contributed by atoms with van der Waals surface area (Å²) in [6.45, 7) is 2.43. The van der Waals surface area contributed by atoms with Gasteiger partial charge in [0.25, 0.3) is 5.91 Å². The number of amides is 1. The van der Waals surface area contributed by atoms with Crippen molar-refractivity contribution in [3.63, 3.8) is 0 Å². The van der Waals surface area contributed by atoms with Gasteiger partial charge in [-0.3, -0.25) is 4.79 Å². The minimum atomic E-state index is -0.167. The summed E-state index contributed by atoms with van der Waals surface area (Å²) in [5, 5.41) is 5.57. The van der Waals surface area contributed by atoms with E-state index in [0.29, 0.717) is 34.5 Å². The van der Waals surface area contributed by atoms with Crippen LogP contribution in [0, 0.1) is 5.92 Å². The zero-order valence-electron chi connectivity index (χ0n) is 16.7. The number of carbonyl (C=O) groups is 1. The second kappa shape index (κ2) is 10.2. The summed E-state index contributed by atoms with van der Waals surface area (Å²) in [4.78, 5) is 19.4. The van der Waals surface area contributed by atoms with E-state index in [1.807, 2.05) is 24.3 Å². The summed E-state index contributed by atoms with van der Waals surface area (Å²) in [6.07, 6.45) is 2.67. The molecule has 1 fully saturated rings. The summed E-state index contributed by atoms with van der Waals surface area (Å²) in [5.41, 5.74) is 1.59. The third kappa shape index (κ3) is 5.89. The number of nitrogens with one attached hydrogen (secondary N) is 1. The van der Waals surface area contributed by atoms with Crippen molar-refractivity contribution in [3.05, 3.63) is 74.5 Å². The second-order valence-corrected chi connectivity index (χ2v) is 9.57. The predicted octanol–water partition coefficient (Wildman–Crippen LogP) is 5.74. The van der Waals surface area contributed by atoms with Crippen LogP contribution < -0.4 is 10.2 Å². The summed E-state index contributed by atoms with van der Waals surface area (Å²) in [5.74, 6) is 1.09. The minimum absolute atomic E-state index is 0.167. The number of hydrogen-bond donors (Lipinski definition) is 1. The molecule has 0 saturated carbocycles. The van der Waals surface area contributed by atoms with Crippen LogP contribution in [0.25, 0.3) is 0 Å². The maximum absolute atomic E-state index is 12.4. The van der Waals surface area contributed by atoms with Crippen molar-refractivity contribution < 1.29 is 4.79 Å². The molecular formula is C22H21Cl3N4OS. The van der Waals surface area contributed by atoms with E-state index in [0.717, 1.165) is 47.5 Å². The fourth-order valence-electron chi connectivity index (χ4n) is 3.56. The Morgan fingerprint density at radius 1 is 1.06 bits per heavy atom. The summed E-state index contributed by atoms with van der Waals surface area (Å²) in [6, 6.07) is 12.7. The van der Waals surface area contributed by atoms with Gasteiger partial charge in [-0.25, -0.2) is 4.98 Å². The summed E-state index contributed by atoms with van der Waals surface area (Å²) >= 11 is 19.4. The van der Waals surface area contributed by atoms with E-state index < -0.39 is 0 Å². The quantitative estimate of drug-likeness (QED) is 0.474. The zero-order chi connectivity index (χ0) is 21.8. The van der Waals surface area contributed by atoms with Crippen molar-refractivity contribution in [1.82, 2.24) is 14.7 Å². The van der Waals surface area contributed by atoms with Crippen molar-refractivity contribution in [2.75, 3.05) is 24.5 Å². The fourth-order valence-corrected chi connectivity index (χ4v) is 4.92. The molecule has 1 aliphatic heterocycles. The van der Waals surface area contributed by atoms with Crippen molar-refractivity contribution in [2.45, 2.75) is 19.3 Å². The summed E-state index contributed by atoms with van der Waals surface area (Å²) < 4.78 is 4.51. The molecule has 0 unspecified atom stereocenters. The van der Waals surface area contributed by atoms with Gasteiger partial charge < -0.3 is 10.2 Å². The largest absolute Gasteiger partial charge is 0.352 e. The third-order valence-corrected chi connectivity index (χ3v) is 6.96. The molecule has 4 rings (SSSR count). The van der Waals surface area contributed by atoms with Gasteiger partial charge in [-0.2, -0.15) is 4.37 Å². The van der Waals surface area contributed by atoms with Gasteiger partial charge in [-0.1, -0.05) is 46.9 Å². The standard InChI is InChI=1S/C22H21Cl3N4OS/c23-16-3-1-14(2-4-16)11-20-27-22(31-28-20)29-9-7-15(8-10-29)13-26-21(30)18-6-5-17(24)12-19(18)25/h1-6,12,15H,7-11,13H2,(H,26,30). The van der Waals surface area contributed by atoms with Crippen LogP contribution in [0.1, 0.15) is 34.6 Å². The van der Waals surface area contributed by atoms with Gasteiger partial charge in [0.1, 0.15) is 5.82 Å². The number of nitrogens with zero attached hydrogens (tertiary/aromatic N) is 3. The molecule has 2 heterocycles. The number of hydrogen-bond acceptors (Lipinski definition) is 5. The average Bonchev–Trinajstić information content (AvgIpc) is 3.22. The molecule has 0 spiro atoms. The predicted molar refractivity (Wildman–Crippen MR) is 128 cm³/mol. The van der Waals surface area contributed by atoms with E-state index >= 15 is 0 Å². The van der Waals surface area contributed by atoms with Crippen LogP contribution in [0.3, 0.4) is 0 Å². The highest BCUT2D eigenvalue weighted by atomic mass is 35.5. The molecule has 9 heteroatoms. The molecule has 0 atom stereocenters. The normalized spacial score (nSPS) is 14.6. The van der Waals surface area contributed by atoms with E-state index in [-0.39, 0.29) is 5.91 Å². The Balaban J connectivity index is 1.25. The molecule has 1 N–H and O–H groups in total. The van der Waals surface area contributed by atoms with Crippen LogP contribution in [-0.2, 0) is 6.42 Å². The number of aromatic nitrogens is 2. The van der Waals surface area contributed by atoms with Crippen LogP contribution >= 0.6 is 46.3 Å². The number of carbonyl (C=O) groups excluding carboxylic acids is 1. The molecular weight excluding hydrogens is 475 g/mol. The molecule has 3 aromatic rings. The Bertz CT molecular complexity index is 1050. The lowest BCUT2D eigenvalue weighted by atomic mass is 9.97. The van der Waals surface area contributed by atoms with Crippen LogP contribution in [-0.4, -0.2) is 34.9 Å². The van der Waals surface area contributed by atoms with E-state index in [4.69, 9.17) is 39.8 Å². The molecule has 1 aliphatic rings. The van der Waals surface area contributed by atoms with Gasteiger partial charge >= 0.3 is 0 Å². The molecule has 0 bridgehead atoms. The first-order valence-electron chi connectivity index (χ1n) is 10.0. The number of benzene rings is 2. The highest BCUT2D eigenvalue weighted by Crippen LogP contribution is 2.26. The van der Waals surface area contributed by atoms with Gasteiger partial charge in [0.2, 0.25) is 5.13 Å². The van der Waals surface area contributed by atoms with Gasteiger partial charge in [0.05, 0.1) is 10.6 Å². The Kier molecular flexibility index (Phi) is 7.33. The molecule has 1 saturated heterocycles. The molecule has 2 aromatic carbocycles. The Morgan fingerprint density at radius 3 is 2.48 bits per heavy atom. The Labute approximate surface area is 200 Å². The number of rotatable bonds is 6. The van der Waals surface area contributed by atoms with E-state index in [1.54, 1.807) is 18.2 Å². The highest BCUT2D eigenvalue weighted by molar-refractivity contribution is 7.09. The lowest BCUT2D eigenvalue weighted by molar-refractivity contribution is 0.0945. The minimum Gasteiger partial charge on any atom is -0.352 e. The van der Waals surface area contributed by atoms with Crippen LogP contribution in [0.2, 0.25) is 15.1 Å². The van der Waals surface area contributed by atoms with Crippen molar-refractivity contribution in [3.8, 4) is 0 Å². The molecule has 0 radical (unpaired) electrons. The van der Waals surface area contributed by atoms with Crippen LogP contribution in [0.15, 0.2) is 42.5 Å². The third-order valence-electron chi connectivity index (χ3n) is 5.34. The van der Waals surface area contributed by atoms with Gasteiger partial charge in [0.15, 0.2) is 0 Å². The molecule has 162 valence electrons. The Hall–Kier alpha value is -1.86. The Morgan fingerprint density at radius 2 is 1.77 bits per heavy atom. The molecule has 0 aliphatic carbocycles. The van der Waals surface area contributed by atoms with E-state index in [2.05, 4.69) is 14.6 Å². The number of anilines is 1. The first-order chi connectivity index (χ1) is 15.0. The molecule has 1 amide bonds. The topological polar surface area (TPSA) is 58.1 Å². The monoisotopic (exact) mass is 494 g/mol. The van der Waals surface area contributed by atoms with Gasteiger partial charge in [-0.05, 0) is 54.7 Å². The maximum atomic E-state index is 12.4. The van der Waals surface area contributed by atoms with Crippen molar-refractivity contribution in [2.24, 2.45) is 5.92 Å². The summed E-state index contributed by atoms with van der Waals surface area (Å²) in [7, 11) is 0. The van der Waals surface area contributed by atoms with Crippen molar-refractivity contribution in [1.29, 1.82) is 0 Å². The van der Waals surface area contributed by atoms with E-state index in [1.165, 1.54) is 11.5 Å². The first-order valence-corrected chi connectivity index (χ1v) is 11.9. The number of halogens is 3. The molecule has 5 nitrogen and oxygen atoms in total. The van der Waals surface area contributed by atoms with Crippen LogP contribution in [0.5, 0.6) is 0 Å². The second-order valence-electron chi connectivity index (χ2n) is 7.56. The first kappa shape index (κ1) is 22.3. The number of piperidine rings is 1. The zero-order valence-corrected chi connectivity index (χ0v) is 19.7. The highest BCUT2D eigenvalue weighted by Gasteiger charge is 2.23. The SMILES string of the molecule is O=C(NCC1CCN(c2nc(Cc3ccc(Cl)cc3)ns2)CC1)c1ccc(Cl)cc1Cl. The smallest absolute Gasteiger partial charge is 0.252 e.